The van der Waals surface area contributed by atoms with Crippen molar-refractivity contribution in [1.82, 2.24) is 5.06 Å². The average molecular weight is 248 g/mol. The Hall–Kier alpha value is -1.46. The standard InChI is InChI=1S/C13H16N2O3/c16-15(17)12-8-4-5-10(9-12)13-14(18-13)11-6-2-1-3-7-11/h4-5,8-9,11,13H,1-3,6-7H2/t13-,14?/m0/s1. The Labute approximate surface area is 105 Å². The van der Waals surface area contributed by atoms with Gasteiger partial charge in [-0.15, -0.1) is 5.06 Å². The number of hydrogen-bond donors (Lipinski definition) is 0. The Morgan fingerprint density at radius 3 is 2.78 bits per heavy atom. The quantitative estimate of drug-likeness (QED) is 0.468. The highest BCUT2D eigenvalue weighted by molar-refractivity contribution is 5.35. The number of non-ortho nitro benzene ring substituents is 1. The number of nitro groups is 1. The summed E-state index contributed by atoms with van der Waals surface area (Å²) >= 11 is 0. The molecule has 0 spiro atoms. The maximum atomic E-state index is 10.7. The van der Waals surface area contributed by atoms with Gasteiger partial charge in [0.15, 0.2) is 6.23 Å². The van der Waals surface area contributed by atoms with Crippen LogP contribution < -0.4 is 0 Å². The van der Waals surface area contributed by atoms with Crippen molar-refractivity contribution in [2.75, 3.05) is 0 Å². The lowest BCUT2D eigenvalue weighted by Gasteiger charge is -2.20. The van der Waals surface area contributed by atoms with Crippen LogP contribution in [0.3, 0.4) is 0 Å². The van der Waals surface area contributed by atoms with Crippen LogP contribution >= 0.6 is 0 Å². The van der Waals surface area contributed by atoms with Crippen LogP contribution in [0.25, 0.3) is 0 Å². The first-order valence-corrected chi connectivity index (χ1v) is 6.45. The topological polar surface area (TPSA) is 58.7 Å². The minimum absolute atomic E-state index is 0.0759. The molecule has 2 fully saturated rings. The van der Waals surface area contributed by atoms with Gasteiger partial charge in [0.25, 0.3) is 5.69 Å². The van der Waals surface area contributed by atoms with E-state index in [4.69, 9.17) is 4.84 Å². The molecule has 18 heavy (non-hydrogen) atoms. The second-order valence-electron chi connectivity index (χ2n) is 4.96. The van der Waals surface area contributed by atoms with Crippen LogP contribution in [0.4, 0.5) is 5.69 Å². The summed E-state index contributed by atoms with van der Waals surface area (Å²) in [5.74, 6) is 0. The molecule has 1 aliphatic heterocycles. The van der Waals surface area contributed by atoms with E-state index in [2.05, 4.69) is 0 Å². The highest BCUT2D eigenvalue weighted by atomic mass is 16.8. The molecule has 5 heteroatoms. The monoisotopic (exact) mass is 248 g/mol. The maximum Gasteiger partial charge on any atom is 0.269 e. The smallest absolute Gasteiger partial charge is 0.269 e. The Kier molecular flexibility index (Phi) is 3.01. The third-order valence-corrected chi connectivity index (χ3v) is 3.71. The number of hydrogen-bond acceptors (Lipinski definition) is 4. The van der Waals surface area contributed by atoms with Gasteiger partial charge in [-0.25, -0.2) is 0 Å². The number of hydroxylamine groups is 2. The molecule has 96 valence electrons. The first-order chi connectivity index (χ1) is 8.75. The van der Waals surface area contributed by atoms with Gasteiger partial charge in [0.2, 0.25) is 0 Å². The Balaban J connectivity index is 1.69. The van der Waals surface area contributed by atoms with E-state index >= 15 is 0 Å². The van der Waals surface area contributed by atoms with E-state index in [1.165, 1.54) is 38.2 Å². The molecule has 1 heterocycles. The summed E-state index contributed by atoms with van der Waals surface area (Å²) in [6, 6.07) is 7.21. The summed E-state index contributed by atoms with van der Waals surface area (Å²) in [6.07, 6.45) is 6.09. The van der Waals surface area contributed by atoms with Crippen molar-refractivity contribution < 1.29 is 9.76 Å². The van der Waals surface area contributed by atoms with Crippen molar-refractivity contribution in [2.24, 2.45) is 0 Å². The molecule has 0 aromatic heterocycles. The van der Waals surface area contributed by atoms with Gasteiger partial charge in [-0.1, -0.05) is 31.4 Å². The number of nitro benzene ring substituents is 1. The van der Waals surface area contributed by atoms with E-state index in [1.807, 2.05) is 11.1 Å². The Morgan fingerprint density at radius 2 is 2.06 bits per heavy atom. The second-order valence-corrected chi connectivity index (χ2v) is 4.96. The van der Waals surface area contributed by atoms with Gasteiger partial charge in [-0.05, 0) is 12.8 Å². The van der Waals surface area contributed by atoms with Crippen LogP contribution in [-0.4, -0.2) is 16.0 Å². The average Bonchev–Trinajstić information content (AvgIpc) is 3.20. The summed E-state index contributed by atoms with van der Waals surface area (Å²) in [5, 5.41) is 12.7. The summed E-state index contributed by atoms with van der Waals surface area (Å²) < 4.78 is 0. The van der Waals surface area contributed by atoms with Crippen molar-refractivity contribution in [1.29, 1.82) is 0 Å². The normalized spacial score (nSPS) is 28.0. The van der Waals surface area contributed by atoms with Gasteiger partial charge in [0.1, 0.15) is 0 Å². The van der Waals surface area contributed by atoms with Crippen molar-refractivity contribution in [3.63, 3.8) is 0 Å². The van der Waals surface area contributed by atoms with Gasteiger partial charge in [-0.3, -0.25) is 15.0 Å². The molecule has 3 rings (SSSR count). The van der Waals surface area contributed by atoms with E-state index in [-0.39, 0.29) is 16.8 Å². The van der Waals surface area contributed by atoms with Crippen molar-refractivity contribution in [3.8, 4) is 0 Å². The Bertz CT molecular complexity index is 457. The fourth-order valence-corrected chi connectivity index (χ4v) is 2.70. The minimum atomic E-state index is -0.364. The first kappa shape index (κ1) is 11.6. The van der Waals surface area contributed by atoms with Crippen molar-refractivity contribution in [2.45, 2.75) is 44.4 Å². The molecule has 1 aliphatic carbocycles. The van der Waals surface area contributed by atoms with E-state index < -0.39 is 0 Å². The lowest BCUT2D eigenvalue weighted by atomic mass is 9.95. The maximum absolute atomic E-state index is 10.7. The molecule has 1 aromatic carbocycles. The van der Waals surface area contributed by atoms with E-state index in [1.54, 1.807) is 12.1 Å². The largest absolute Gasteiger partial charge is 0.270 e. The second kappa shape index (κ2) is 4.66. The van der Waals surface area contributed by atoms with Crippen LogP contribution in [0.2, 0.25) is 0 Å². The van der Waals surface area contributed by atoms with Crippen LogP contribution in [0.5, 0.6) is 0 Å². The van der Waals surface area contributed by atoms with E-state index in [9.17, 15) is 10.1 Å². The fourth-order valence-electron chi connectivity index (χ4n) is 2.70. The molecule has 1 saturated carbocycles. The molecule has 5 nitrogen and oxygen atoms in total. The SMILES string of the molecule is O=[N+]([O-])c1cccc([C@@H]2ON2C2CCCCC2)c1. The van der Waals surface area contributed by atoms with Gasteiger partial charge in [0.05, 0.1) is 4.92 Å². The molecule has 1 aromatic rings. The molecule has 0 radical (unpaired) electrons. The lowest BCUT2D eigenvalue weighted by Crippen LogP contribution is -2.21. The molecular formula is C13H16N2O3. The van der Waals surface area contributed by atoms with Crippen molar-refractivity contribution >= 4 is 5.69 Å². The molecule has 1 saturated heterocycles. The number of nitrogens with zero attached hydrogens (tertiary/aromatic N) is 2. The van der Waals surface area contributed by atoms with Gasteiger partial charge in [0, 0.05) is 23.7 Å². The third-order valence-electron chi connectivity index (χ3n) is 3.71. The predicted molar refractivity (Wildman–Crippen MR) is 65.6 cm³/mol. The first-order valence-electron chi connectivity index (χ1n) is 6.45. The predicted octanol–water partition coefficient (Wildman–Crippen LogP) is 3.17. The number of rotatable bonds is 3. The zero-order valence-electron chi connectivity index (χ0n) is 10.1. The lowest BCUT2D eigenvalue weighted by molar-refractivity contribution is -0.384. The molecule has 0 N–H and O–H groups in total. The fraction of sp³-hybridized carbons (Fsp3) is 0.538. The van der Waals surface area contributed by atoms with E-state index in [0.29, 0.717) is 6.04 Å². The summed E-state index contributed by atoms with van der Waals surface area (Å²) in [5.41, 5.74) is 1.02. The van der Waals surface area contributed by atoms with Gasteiger partial charge in [-0.2, -0.15) is 0 Å². The van der Waals surface area contributed by atoms with Crippen LogP contribution in [0, 0.1) is 10.1 Å². The molecule has 0 bridgehead atoms. The zero-order valence-corrected chi connectivity index (χ0v) is 10.1. The summed E-state index contributed by atoms with van der Waals surface area (Å²) in [4.78, 5) is 16.0. The number of benzene rings is 1. The van der Waals surface area contributed by atoms with Gasteiger partial charge < -0.3 is 0 Å². The molecular weight excluding hydrogens is 232 g/mol. The molecule has 0 amide bonds. The molecule has 2 aliphatic rings. The van der Waals surface area contributed by atoms with E-state index in [0.717, 1.165) is 5.56 Å². The van der Waals surface area contributed by atoms with Gasteiger partial charge >= 0.3 is 0 Å². The highest BCUT2D eigenvalue weighted by Crippen LogP contribution is 2.43. The summed E-state index contributed by atoms with van der Waals surface area (Å²) in [7, 11) is 0. The Morgan fingerprint density at radius 1 is 1.28 bits per heavy atom. The highest BCUT2D eigenvalue weighted by Gasteiger charge is 2.43. The molecule has 1 unspecified atom stereocenters. The zero-order chi connectivity index (χ0) is 12.5. The summed E-state index contributed by atoms with van der Waals surface area (Å²) in [6.45, 7) is 0. The minimum Gasteiger partial charge on any atom is -0.270 e. The van der Waals surface area contributed by atoms with Crippen molar-refractivity contribution in [3.05, 3.63) is 39.9 Å². The molecule has 2 atom stereocenters. The van der Waals surface area contributed by atoms with Crippen LogP contribution in [-0.2, 0) is 4.84 Å². The third kappa shape index (κ3) is 2.23. The van der Waals surface area contributed by atoms with Crippen LogP contribution in [0.1, 0.15) is 43.9 Å². The van der Waals surface area contributed by atoms with Crippen LogP contribution in [0.15, 0.2) is 24.3 Å².